The fraction of sp³-hybridized carbons (Fsp3) is 0.357. The van der Waals surface area contributed by atoms with Gasteiger partial charge in [-0.3, -0.25) is 0 Å². The minimum Gasteiger partial charge on any atom is -0.463 e. The van der Waals surface area contributed by atoms with Gasteiger partial charge in [-0.2, -0.15) is 0 Å². The van der Waals surface area contributed by atoms with Crippen LogP contribution >= 0.6 is 0 Å². The van der Waals surface area contributed by atoms with Gasteiger partial charge in [0.25, 0.3) is 0 Å². The molecule has 0 spiro atoms. The van der Waals surface area contributed by atoms with Crippen LogP contribution in [-0.2, 0) is 0 Å². The Morgan fingerprint density at radius 2 is 2.00 bits per heavy atom. The Kier molecular flexibility index (Phi) is 4.19. The fourth-order valence-corrected chi connectivity index (χ4v) is 1.66. The van der Waals surface area contributed by atoms with E-state index in [4.69, 9.17) is 9.26 Å². The minimum atomic E-state index is 0.521. The molecule has 0 saturated heterocycles. The fourth-order valence-electron chi connectivity index (χ4n) is 1.66. The monoisotopic (exact) mass is 231 g/mol. The predicted octanol–water partition coefficient (Wildman–Crippen LogP) is 3.91. The molecule has 90 valence electrons. The van der Waals surface area contributed by atoms with E-state index in [0.29, 0.717) is 12.6 Å². The maximum absolute atomic E-state index is 5.60. The first-order chi connectivity index (χ1) is 8.42. The topological polar surface area (TPSA) is 35.3 Å². The average Bonchev–Trinajstić information content (AvgIpc) is 2.84. The lowest BCUT2D eigenvalue weighted by atomic mass is 10.1. The third-order valence-corrected chi connectivity index (χ3v) is 2.60. The van der Waals surface area contributed by atoms with Gasteiger partial charge in [-0.1, -0.05) is 55.3 Å². The van der Waals surface area contributed by atoms with Crippen molar-refractivity contribution in [2.75, 3.05) is 6.61 Å². The lowest BCUT2D eigenvalue weighted by Gasteiger charge is -2.03. The summed E-state index contributed by atoms with van der Waals surface area (Å²) in [4.78, 5) is 0. The van der Waals surface area contributed by atoms with Crippen molar-refractivity contribution in [3.8, 4) is 17.1 Å². The van der Waals surface area contributed by atoms with Gasteiger partial charge in [0.05, 0.1) is 18.4 Å². The van der Waals surface area contributed by atoms with Gasteiger partial charge in [-0.15, -0.1) is 0 Å². The molecule has 0 amide bonds. The molecule has 1 aromatic carbocycles. The van der Waals surface area contributed by atoms with Crippen LogP contribution in [0, 0.1) is 0 Å². The van der Waals surface area contributed by atoms with E-state index in [0.717, 1.165) is 17.5 Å². The van der Waals surface area contributed by atoms with Crippen LogP contribution in [0.15, 0.2) is 41.1 Å². The molecule has 0 aliphatic heterocycles. The SMILES string of the molecule is CCCCCOc1oncc1-c1ccccc1. The lowest BCUT2D eigenvalue weighted by molar-refractivity contribution is 0.211. The van der Waals surface area contributed by atoms with Gasteiger partial charge in [0, 0.05) is 0 Å². The first kappa shape index (κ1) is 11.7. The summed E-state index contributed by atoms with van der Waals surface area (Å²) in [5.41, 5.74) is 1.99. The van der Waals surface area contributed by atoms with E-state index in [9.17, 15) is 0 Å². The first-order valence-electron chi connectivity index (χ1n) is 6.04. The van der Waals surface area contributed by atoms with Gasteiger partial charge in [0.2, 0.25) is 0 Å². The molecular weight excluding hydrogens is 214 g/mol. The molecule has 3 nitrogen and oxygen atoms in total. The number of hydrogen-bond acceptors (Lipinski definition) is 3. The average molecular weight is 231 g/mol. The number of hydrogen-bond donors (Lipinski definition) is 0. The molecule has 0 saturated carbocycles. The summed E-state index contributed by atoms with van der Waals surface area (Å²) >= 11 is 0. The predicted molar refractivity (Wildman–Crippen MR) is 67.0 cm³/mol. The van der Waals surface area contributed by atoms with Crippen LogP contribution in [0.3, 0.4) is 0 Å². The van der Waals surface area contributed by atoms with E-state index >= 15 is 0 Å². The van der Waals surface area contributed by atoms with Gasteiger partial charge in [-0.25, -0.2) is 0 Å². The molecule has 1 heterocycles. The van der Waals surface area contributed by atoms with Crippen LogP contribution in [0.4, 0.5) is 0 Å². The molecule has 17 heavy (non-hydrogen) atoms. The molecule has 0 fully saturated rings. The molecule has 2 aromatic rings. The molecule has 0 N–H and O–H groups in total. The van der Waals surface area contributed by atoms with Gasteiger partial charge >= 0.3 is 5.95 Å². The Bertz CT molecular complexity index is 436. The number of benzene rings is 1. The lowest BCUT2D eigenvalue weighted by Crippen LogP contribution is -1.96. The molecule has 0 aliphatic carbocycles. The van der Waals surface area contributed by atoms with Crippen molar-refractivity contribution in [1.82, 2.24) is 5.16 Å². The van der Waals surface area contributed by atoms with Gasteiger partial charge in [0.1, 0.15) is 0 Å². The van der Waals surface area contributed by atoms with Crippen LogP contribution in [0.1, 0.15) is 26.2 Å². The van der Waals surface area contributed by atoms with Crippen molar-refractivity contribution in [2.45, 2.75) is 26.2 Å². The molecule has 3 heteroatoms. The van der Waals surface area contributed by atoms with E-state index in [1.165, 1.54) is 12.8 Å². The molecule has 1 aromatic heterocycles. The van der Waals surface area contributed by atoms with Crippen LogP contribution in [0.2, 0.25) is 0 Å². The summed E-state index contributed by atoms with van der Waals surface area (Å²) in [6.45, 7) is 2.85. The summed E-state index contributed by atoms with van der Waals surface area (Å²) in [7, 11) is 0. The van der Waals surface area contributed by atoms with Crippen molar-refractivity contribution in [3.05, 3.63) is 36.5 Å². The highest BCUT2D eigenvalue weighted by molar-refractivity contribution is 5.66. The second-order valence-corrected chi connectivity index (χ2v) is 3.95. The zero-order valence-electron chi connectivity index (χ0n) is 10.1. The highest BCUT2D eigenvalue weighted by Crippen LogP contribution is 2.29. The summed E-state index contributed by atoms with van der Waals surface area (Å²) in [5, 5.41) is 3.80. The highest BCUT2D eigenvalue weighted by atomic mass is 16.6. The molecule has 0 radical (unpaired) electrons. The summed E-state index contributed by atoms with van der Waals surface area (Å²) in [6, 6.07) is 10.0. The number of unbranched alkanes of at least 4 members (excludes halogenated alkanes) is 2. The molecule has 0 bridgehead atoms. The van der Waals surface area contributed by atoms with Crippen molar-refractivity contribution in [2.24, 2.45) is 0 Å². The zero-order chi connectivity index (χ0) is 11.9. The number of aromatic nitrogens is 1. The zero-order valence-corrected chi connectivity index (χ0v) is 10.1. The summed E-state index contributed by atoms with van der Waals surface area (Å²) in [5.74, 6) is 0.521. The normalized spacial score (nSPS) is 10.4. The quantitative estimate of drug-likeness (QED) is 0.707. The second kappa shape index (κ2) is 6.09. The molecule has 0 atom stereocenters. The Hall–Kier alpha value is -1.77. The third-order valence-electron chi connectivity index (χ3n) is 2.60. The Labute approximate surface area is 101 Å². The number of rotatable bonds is 6. The maximum atomic E-state index is 5.60. The Balaban J connectivity index is 2.02. The van der Waals surface area contributed by atoms with Crippen LogP contribution in [0.5, 0.6) is 5.95 Å². The summed E-state index contributed by atoms with van der Waals surface area (Å²) in [6.07, 6.45) is 5.11. The van der Waals surface area contributed by atoms with Crippen LogP contribution in [0.25, 0.3) is 11.1 Å². The molecule has 0 unspecified atom stereocenters. The Morgan fingerprint density at radius 1 is 1.18 bits per heavy atom. The van der Waals surface area contributed by atoms with Gasteiger partial charge in [-0.05, 0) is 12.0 Å². The van der Waals surface area contributed by atoms with E-state index < -0.39 is 0 Å². The van der Waals surface area contributed by atoms with Gasteiger partial charge in [0.15, 0.2) is 0 Å². The Morgan fingerprint density at radius 3 is 2.76 bits per heavy atom. The van der Waals surface area contributed by atoms with E-state index in [-0.39, 0.29) is 0 Å². The smallest absolute Gasteiger partial charge is 0.319 e. The van der Waals surface area contributed by atoms with E-state index in [1.54, 1.807) is 6.20 Å². The molecular formula is C14H17NO2. The van der Waals surface area contributed by atoms with Gasteiger partial charge < -0.3 is 9.26 Å². The van der Waals surface area contributed by atoms with Crippen molar-refractivity contribution >= 4 is 0 Å². The van der Waals surface area contributed by atoms with E-state index in [1.807, 2.05) is 30.3 Å². The molecule has 0 aliphatic rings. The number of nitrogens with zero attached hydrogens (tertiary/aromatic N) is 1. The summed E-state index contributed by atoms with van der Waals surface area (Å²) < 4.78 is 10.7. The number of ether oxygens (including phenoxy) is 1. The minimum absolute atomic E-state index is 0.521. The van der Waals surface area contributed by atoms with E-state index in [2.05, 4.69) is 12.1 Å². The van der Waals surface area contributed by atoms with Crippen molar-refractivity contribution in [3.63, 3.8) is 0 Å². The standard InChI is InChI=1S/C14H17NO2/c1-2-3-7-10-16-14-13(11-15-17-14)12-8-5-4-6-9-12/h4-6,8-9,11H,2-3,7,10H2,1H3. The maximum Gasteiger partial charge on any atom is 0.319 e. The largest absolute Gasteiger partial charge is 0.463 e. The van der Waals surface area contributed by atoms with Crippen molar-refractivity contribution in [1.29, 1.82) is 0 Å². The highest BCUT2D eigenvalue weighted by Gasteiger charge is 2.10. The molecule has 2 rings (SSSR count). The van der Waals surface area contributed by atoms with Crippen molar-refractivity contribution < 1.29 is 9.26 Å². The second-order valence-electron chi connectivity index (χ2n) is 3.95. The first-order valence-corrected chi connectivity index (χ1v) is 6.04. The van der Waals surface area contributed by atoms with Crippen LogP contribution < -0.4 is 4.74 Å². The third kappa shape index (κ3) is 3.09. The van der Waals surface area contributed by atoms with Crippen LogP contribution in [-0.4, -0.2) is 11.8 Å².